The molecule has 0 radical (unpaired) electrons. The van der Waals surface area contributed by atoms with Crippen molar-refractivity contribution in [1.82, 2.24) is 24.1 Å². The molecule has 3 heterocycles. The van der Waals surface area contributed by atoms with Crippen LogP contribution in [0.3, 0.4) is 0 Å². The highest BCUT2D eigenvalue weighted by Crippen LogP contribution is 2.55. The number of nitrogens with zero attached hydrogens (tertiary/aromatic N) is 5. The normalized spacial score (nSPS) is 20.9. The maximum absolute atomic E-state index is 14.9. The Morgan fingerprint density at radius 3 is 2.63 bits per heavy atom. The summed E-state index contributed by atoms with van der Waals surface area (Å²) in [4.78, 5) is 20.1. The summed E-state index contributed by atoms with van der Waals surface area (Å²) in [6.45, 7) is 8.38. The summed E-state index contributed by atoms with van der Waals surface area (Å²) in [5.41, 5.74) is 0.743. The number of halogens is 3. The Hall–Kier alpha value is -3.31. The highest BCUT2D eigenvalue weighted by atomic mass is 32.2. The topological polar surface area (TPSA) is 98.4 Å². The first-order valence-electron chi connectivity index (χ1n) is 16.0. The van der Waals surface area contributed by atoms with Crippen LogP contribution in [0.15, 0.2) is 41.5 Å². The molecule has 1 aromatic heterocycles. The fourth-order valence-corrected chi connectivity index (χ4v) is 7.28. The van der Waals surface area contributed by atoms with E-state index in [0.717, 1.165) is 32.2 Å². The maximum atomic E-state index is 14.9. The molecule has 1 saturated carbocycles. The van der Waals surface area contributed by atoms with Gasteiger partial charge in [0.05, 0.1) is 35.5 Å². The minimum absolute atomic E-state index is 0.0142. The van der Waals surface area contributed by atoms with Gasteiger partial charge in [-0.1, -0.05) is 20.8 Å². The number of nitrogens with one attached hydrogen (secondary N) is 2. The van der Waals surface area contributed by atoms with Crippen molar-refractivity contribution in [2.24, 2.45) is 5.41 Å². The van der Waals surface area contributed by atoms with Gasteiger partial charge in [0.15, 0.2) is 11.6 Å². The molecule has 2 aromatic carbocycles. The van der Waals surface area contributed by atoms with Gasteiger partial charge in [0, 0.05) is 24.7 Å². The minimum atomic E-state index is -2.72. The number of likely N-dealkylation sites (tertiary alicyclic amines) is 1. The van der Waals surface area contributed by atoms with Crippen molar-refractivity contribution in [2.75, 3.05) is 44.5 Å². The Morgan fingerprint density at radius 2 is 1.96 bits per heavy atom. The molecule has 9 nitrogen and oxygen atoms in total. The number of anilines is 1. The lowest BCUT2D eigenvalue weighted by atomic mass is 9.60. The van der Waals surface area contributed by atoms with Crippen molar-refractivity contribution in [3.8, 4) is 17.6 Å². The summed E-state index contributed by atoms with van der Waals surface area (Å²) in [6.07, 6.45) is 5.30. The molecule has 6 rings (SSSR count). The van der Waals surface area contributed by atoms with Gasteiger partial charge in [-0.2, -0.15) is 5.26 Å². The van der Waals surface area contributed by atoms with E-state index in [1.54, 1.807) is 23.0 Å². The lowest BCUT2D eigenvalue weighted by Gasteiger charge is -2.54. The van der Waals surface area contributed by atoms with Crippen molar-refractivity contribution in [2.45, 2.75) is 70.9 Å². The molecule has 248 valence electrons. The van der Waals surface area contributed by atoms with Gasteiger partial charge >= 0.3 is 0 Å². The zero-order valence-corrected chi connectivity index (χ0v) is 27.6. The second-order valence-corrected chi connectivity index (χ2v) is 13.1. The first kappa shape index (κ1) is 34.0. The van der Waals surface area contributed by atoms with Crippen LogP contribution >= 0.6 is 12.1 Å². The van der Waals surface area contributed by atoms with E-state index in [0.29, 0.717) is 42.6 Å². The molecule has 13 heteroatoms. The van der Waals surface area contributed by atoms with Crippen LogP contribution in [-0.2, 0) is 0 Å². The fourth-order valence-electron chi connectivity index (χ4n) is 6.73. The van der Waals surface area contributed by atoms with Gasteiger partial charge in [0.25, 0.3) is 11.5 Å². The summed E-state index contributed by atoms with van der Waals surface area (Å²) in [6, 6.07) is 8.78. The van der Waals surface area contributed by atoms with Gasteiger partial charge in [-0.05, 0) is 94.5 Å². The molecule has 1 aliphatic carbocycles. The molecule has 2 aliphatic heterocycles. The van der Waals surface area contributed by atoms with Crippen LogP contribution in [0, 0.1) is 22.6 Å². The number of hydrogen-bond donors (Lipinski definition) is 2. The van der Waals surface area contributed by atoms with Crippen molar-refractivity contribution in [3.05, 3.63) is 58.4 Å². The average Bonchev–Trinajstić information content (AvgIpc) is 3.05. The Balaban J connectivity index is 0.00000204. The van der Waals surface area contributed by atoms with E-state index in [-0.39, 0.29) is 40.6 Å². The van der Waals surface area contributed by atoms with Crippen LogP contribution in [0.1, 0.15) is 64.5 Å². The van der Waals surface area contributed by atoms with E-state index < -0.39 is 17.8 Å². The SMILES string of the molecule is CC.CCN(C)SNc1ccc(F)c(Oc2ccc3ncn(C4CC5(CCN(C6CCNCC6(F)F)CC5)C4)c(=O)c3c2)c1C#N. The average molecular weight is 658 g/mol. The molecule has 2 saturated heterocycles. The first-order valence-corrected chi connectivity index (χ1v) is 16.8. The smallest absolute Gasteiger partial charge is 0.275 e. The number of rotatable bonds is 8. The third kappa shape index (κ3) is 6.86. The van der Waals surface area contributed by atoms with Crippen LogP contribution in [-0.4, -0.2) is 70.5 Å². The van der Waals surface area contributed by atoms with Crippen molar-refractivity contribution < 1.29 is 17.9 Å². The predicted molar refractivity (Wildman–Crippen MR) is 176 cm³/mol. The number of benzene rings is 2. The van der Waals surface area contributed by atoms with Crippen LogP contribution in [0.25, 0.3) is 10.9 Å². The minimum Gasteiger partial charge on any atom is -0.453 e. The molecule has 0 amide bonds. The third-order valence-electron chi connectivity index (χ3n) is 9.43. The van der Waals surface area contributed by atoms with E-state index >= 15 is 0 Å². The monoisotopic (exact) mass is 657 g/mol. The Morgan fingerprint density at radius 1 is 1.22 bits per heavy atom. The van der Waals surface area contributed by atoms with Gasteiger partial charge < -0.3 is 14.8 Å². The summed E-state index contributed by atoms with van der Waals surface area (Å²) < 4.78 is 56.4. The van der Waals surface area contributed by atoms with Crippen LogP contribution in [0.4, 0.5) is 18.9 Å². The number of fused-ring (bicyclic) bond motifs is 1. The molecular weight excluding hydrogens is 615 g/mol. The second-order valence-electron chi connectivity index (χ2n) is 12.1. The number of hydrogen-bond acceptors (Lipinski definition) is 9. The lowest BCUT2D eigenvalue weighted by molar-refractivity contribution is -0.116. The van der Waals surface area contributed by atoms with Gasteiger partial charge in [0.1, 0.15) is 17.4 Å². The van der Waals surface area contributed by atoms with E-state index in [1.807, 2.05) is 43.1 Å². The Kier molecular flexibility index (Phi) is 10.5. The molecule has 3 aromatic rings. The molecule has 46 heavy (non-hydrogen) atoms. The van der Waals surface area contributed by atoms with Gasteiger partial charge in [0.2, 0.25) is 0 Å². The molecular formula is C33H42F3N7O2S. The highest BCUT2D eigenvalue weighted by molar-refractivity contribution is 7.98. The summed E-state index contributed by atoms with van der Waals surface area (Å²) in [5, 5.41) is 13.0. The van der Waals surface area contributed by atoms with E-state index in [9.17, 15) is 23.2 Å². The van der Waals surface area contributed by atoms with E-state index in [2.05, 4.69) is 15.0 Å². The fraction of sp³-hybridized carbons (Fsp3) is 0.545. The van der Waals surface area contributed by atoms with Crippen molar-refractivity contribution in [3.63, 3.8) is 0 Å². The van der Waals surface area contributed by atoms with Gasteiger partial charge in [-0.3, -0.25) is 14.3 Å². The number of piperidine rings is 2. The summed E-state index contributed by atoms with van der Waals surface area (Å²) >= 11 is 1.28. The first-order chi connectivity index (χ1) is 22.1. The third-order valence-corrected chi connectivity index (χ3v) is 10.3. The molecule has 3 fully saturated rings. The molecule has 0 bridgehead atoms. The highest BCUT2D eigenvalue weighted by Gasteiger charge is 2.51. The maximum Gasteiger partial charge on any atom is 0.275 e. The van der Waals surface area contributed by atoms with Crippen molar-refractivity contribution in [1.29, 1.82) is 5.26 Å². The van der Waals surface area contributed by atoms with E-state index in [1.165, 1.54) is 30.3 Å². The predicted octanol–water partition coefficient (Wildman–Crippen LogP) is 6.57. The molecule has 2 N–H and O–H groups in total. The van der Waals surface area contributed by atoms with Gasteiger partial charge in [-0.15, -0.1) is 0 Å². The Bertz CT molecular complexity index is 1630. The van der Waals surface area contributed by atoms with Gasteiger partial charge in [-0.25, -0.2) is 22.5 Å². The molecule has 1 unspecified atom stereocenters. The summed E-state index contributed by atoms with van der Waals surface area (Å²) in [5.74, 6) is -3.42. The molecule has 1 atom stereocenters. The second kappa shape index (κ2) is 14.2. The molecule has 1 spiro atoms. The molecule has 3 aliphatic rings. The quantitative estimate of drug-likeness (QED) is 0.261. The Labute approximate surface area is 272 Å². The number of aromatic nitrogens is 2. The standard InChI is InChI=1S/C31H36F3N7O2S.C2H6/c1-3-39(2)44-38-26-7-5-24(32)28(23(26)17-35)43-21-4-6-25-22(14-21)29(42)41(19-37-25)20-15-30(16-20)9-12-40(13-10-30)27-8-11-36-18-31(27,33)34;1-2/h4-7,14,19-20,27,36,38H,3,8-13,15-16,18H2,1-2H3;1-2H3. The summed E-state index contributed by atoms with van der Waals surface area (Å²) in [7, 11) is 1.88. The number of nitriles is 1. The van der Waals surface area contributed by atoms with Crippen molar-refractivity contribution >= 4 is 28.7 Å². The largest absolute Gasteiger partial charge is 0.453 e. The van der Waals surface area contributed by atoms with Crippen LogP contribution < -0.4 is 20.3 Å². The zero-order chi connectivity index (χ0) is 33.1. The lowest BCUT2D eigenvalue weighted by Crippen LogP contribution is -2.60. The van der Waals surface area contributed by atoms with E-state index in [4.69, 9.17) is 4.74 Å². The number of alkyl halides is 2. The number of ether oxygens (including phenoxy) is 1. The van der Waals surface area contributed by atoms with Crippen LogP contribution in [0.2, 0.25) is 0 Å². The van der Waals surface area contributed by atoms with Crippen LogP contribution in [0.5, 0.6) is 11.5 Å². The zero-order valence-electron chi connectivity index (χ0n) is 26.8.